The highest BCUT2D eigenvalue weighted by Crippen LogP contribution is 2.33. The quantitative estimate of drug-likeness (QED) is 0.741. The van der Waals surface area contributed by atoms with Gasteiger partial charge in [-0.05, 0) is 56.0 Å². The Bertz CT molecular complexity index is 964. The van der Waals surface area contributed by atoms with Crippen LogP contribution in [0.5, 0.6) is 5.75 Å². The number of rotatable bonds is 4. The minimum atomic E-state index is -0.125. The molecule has 1 aliphatic rings. The smallest absolute Gasteiger partial charge is 0.228 e. The van der Waals surface area contributed by atoms with Gasteiger partial charge in [0.2, 0.25) is 5.91 Å². The average Bonchev–Trinajstić information content (AvgIpc) is 3.16. The molecule has 0 aliphatic carbocycles. The maximum absolute atomic E-state index is 12.5. The number of amides is 1. The first-order valence-corrected chi connectivity index (χ1v) is 9.05. The van der Waals surface area contributed by atoms with Crippen LogP contribution in [0.1, 0.15) is 31.4 Å². The third-order valence-electron chi connectivity index (χ3n) is 4.71. The number of aromatic amines is 1. The molecule has 0 saturated heterocycles. The van der Waals surface area contributed by atoms with Crippen molar-refractivity contribution < 1.29 is 9.53 Å². The summed E-state index contributed by atoms with van der Waals surface area (Å²) >= 11 is 0. The van der Waals surface area contributed by atoms with E-state index in [-0.39, 0.29) is 11.5 Å². The molecule has 2 heterocycles. The number of carbonyl (C=O) groups excluding carboxylic acids is 1. The molecule has 1 amide bonds. The number of carbonyl (C=O) groups is 1. The maximum atomic E-state index is 12.5. The standard InChI is InChI=1S/C21H22N4O2/c1-21(2)9-8-15-10-14(6-7-18(15)27-21)11-19(26)24-17-5-3-4-16(12-17)20-22-13-23-25-20/h3-7,10,12-13H,8-9,11H2,1-2H3,(H,24,26)(H,22,23,25). The number of hydrogen-bond donors (Lipinski definition) is 2. The van der Waals surface area contributed by atoms with E-state index < -0.39 is 0 Å². The van der Waals surface area contributed by atoms with Gasteiger partial charge < -0.3 is 10.1 Å². The van der Waals surface area contributed by atoms with Crippen LogP contribution in [0, 0.1) is 0 Å². The zero-order chi connectivity index (χ0) is 18.9. The Morgan fingerprint density at radius 2 is 2.15 bits per heavy atom. The van der Waals surface area contributed by atoms with Crippen LogP contribution < -0.4 is 10.1 Å². The first-order valence-electron chi connectivity index (χ1n) is 9.05. The van der Waals surface area contributed by atoms with E-state index in [1.54, 1.807) is 0 Å². The van der Waals surface area contributed by atoms with E-state index in [1.165, 1.54) is 11.9 Å². The highest BCUT2D eigenvalue weighted by molar-refractivity contribution is 5.92. The predicted molar refractivity (Wildman–Crippen MR) is 104 cm³/mol. The number of benzene rings is 2. The largest absolute Gasteiger partial charge is 0.488 e. The van der Waals surface area contributed by atoms with Gasteiger partial charge in [-0.25, -0.2) is 4.98 Å². The highest BCUT2D eigenvalue weighted by atomic mass is 16.5. The van der Waals surface area contributed by atoms with Crippen LogP contribution in [0.2, 0.25) is 0 Å². The average molecular weight is 362 g/mol. The van der Waals surface area contributed by atoms with Crippen LogP contribution in [-0.4, -0.2) is 26.7 Å². The van der Waals surface area contributed by atoms with Gasteiger partial charge in [0, 0.05) is 11.3 Å². The van der Waals surface area contributed by atoms with Crippen molar-refractivity contribution in [2.75, 3.05) is 5.32 Å². The third-order valence-corrected chi connectivity index (χ3v) is 4.71. The molecule has 0 atom stereocenters. The molecule has 0 bridgehead atoms. The van der Waals surface area contributed by atoms with Crippen molar-refractivity contribution in [2.24, 2.45) is 0 Å². The van der Waals surface area contributed by atoms with Crippen LogP contribution in [-0.2, 0) is 17.6 Å². The van der Waals surface area contributed by atoms with Crippen molar-refractivity contribution in [3.63, 3.8) is 0 Å². The highest BCUT2D eigenvalue weighted by Gasteiger charge is 2.26. The Morgan fingerprint density at radius 1 is 1.26 bits per heavy atom. The van der Waals surface area contributed by atoms with Crippen molar-refractivity contribution in [1.82, 2.24) is 15.2 Å². The minimum Gasteiger partial charge on any atom is -0.488 e. The van der Waals surface area contributed by atoms with E-state index in [9.17, 15) is 4.79 Å². The summed E-state index contributed by atoms with van der Waals surface area (Å²) in [4.78, 5) is 16.6. The van der Waals surface area contributed by atoms with Gasteiger partial charge in [0.1, 0.15) is 17.7 Å². The van der Waals surface area contributed by atoms with Gasteiger partial charge in [-0.2, -0.15) is 5.10 Å². The molecule has 0 saturated carbocycles. The molecule has 4 rings (SSSR count). The summed E-state index contributed by atoms with van der Waals surface area (Å²) in [7, 11) is 0. The fourth-order valence-electron chi connectivity index (χ4n) is 3.30. The molecule has 2 N–H and O–H groups in total. The summed E-state index contributed by atoms with van der Waals surface area (Å²) in [5.41, 5.74) is 3.64. The number of H-pyrrole nitrogens is 1. The summed E-state index contributed by atoms with van der Waals surface area (Å²) in [5, 5.41) is 9.63. The second kappa shape index (κ2) is 6.87. The van der Waals surface area contributed by atoms with Gasteiger partial charge in [-0.1, -0.05) is 24.3 Å². The Balaban J connectivity index is 1.44. The van der Waals surface area contributed by atoms with Crippen LogP contribution in [0.4, 0.5) is 5.69 Å². The number of nitrogens with zero attached hydrogens (tertiary/aromatic N) is 2. The normalized spacial score (nSPS) is 14.9. The number of hydrogen-bond acceptors (Lipinski definition) is 4. The molecule has 138 valence electrons. The molecular formula is C21H22N4O2. The van der Waals surface area contributed by atoms with Crippen molar-refractivity contribution in [1.29, 1.82) is 0 Å². The first-order chi connectivity index (χ1) is 13.0. The first kappa shape index (κ1) is 17.3. The van der Waals surface area contributed by atoms with Crippen LogP contribution in [0.15, 0.2) is 48.8 Å². The molecule has 3 aromatic rings. The number of ether oxygens (including phenoxy) is 1. The Hall–Kier alpha value is -3.15. The van der Waals surface area contributed by atoms with Crippen molar-refractivity contribution in [2.45, 2.75) is 38.7 Å². The lowest BCUT2D eigenvalue weighted by Gasteiger charge is -2.32. The van der Waals surface area contributed by atoms with Crippen LogP contribution in [0.25, 0.3) is 11.4 Å². The molecular weight excluding hydrogens is 340 g/mol. The lowest BCUT2D eigenvalue weighted by atomic mass is 9.93. The second-order valence-corrected chi connectivity index (χ2v) is 7.44. The number of nitrogens with one attached hydrogen (secondary N) is 2. The van der Waals surface area contributed by atoms with Gasteiger partial charge in [-0.15, -0.1) is 0 Å². The van der Waals surface area contributed by atoms with Gasteiger partial charge >= 0.3 is 0 Å². The monoisotopic (exact) mass is 362 g/mol. The number of aromatic nitrogens is 3. The molecule has 1 aliphatic heterocycles. The zero-order valence-electron chi connectivity index (χ0n) is 15.5. The van der Waals surface area contributed by atoms with Crippen LogP contribution in [0.3, 0.4) is 0 Å². The van der Waals surface area contributed by atoms with Gasteiger partial charge in [0.15, 0.2) is 5.82 Å². The van der Waals surface area contributed by atoms with E-state index in [0.717, 1.165) is 35.4 Å². The van der Waals surface area contributed by atoms with Gasteiger partial charge in [-0.3, -0.25) is 9.89 Å². The van der Waals surface area contributed by atoms with E-state index in [1.807, 2.05) is 36.4 Å². The number of aryl methyl sites for hydroxylation is 1. The van der Waals surface area contributed by atoms with E-state index >= 15 is 0 Å². The predicted octanol–water partition coefficient (Wildman–Crippen LogP) is 3.76. The van der Waals surface area contributed by atoms with Crippen molar-refractivity contribution >= 4 is 11.6 Å². The SMILES string of the molecule is CC1(C)CCc2cc(CC(=O)Nc3cccc(-c4ncn[nH]4)c3)ccc2O1. The lowest BCUT2D eigenvalue weighted by Crippen LogP contribution is -2.32. The molecule has 6 heteroatoms. The molecule has 1 aromatic heterocycles. The van der Waals surface area contributed by atoms with Gasteiger partial charge in [0.05, 0.1) is 6.42 Å². The molecule has 2 aromatic carbocycles. The maximum Gasteiger partial charge on any atom is 0.228 e. The molecule has 0 fully saturated rings. The summed E-state index contributed by atoms with van der Waals surface area (Å²) in [5.74, 6) is 1.54. The molecule has 0 radical (unpaired) electrons. The topological polar surface area (TPSA) is 79.9 Å². The van der Waals surface area contributed by atoms with Crippen LogP contribution >= 0.6 is 0 Å². The lowest BCUT2D eigenvalue weighted by molar-refractivity contribution is -0.115. The Labute approximate surface area is 158 Å². The Morgan fingerprint density at radius 3 is 2.96 bits per heavy atom. The molecule has 0 unspecified atom stereocenters. The molecule has 27 heavy (non-hydrogen) atoms. The molecule has 0 spiro atoms. The summed E-state index contributed by atoms with van der Waals surface area (Å²) in [6, 6.07) is 13.6. The van der Waals surface area contributed by atoms with E-state index in [2.05, 4.69) is 40.4 Å². The minimum absolute atomic E-state index is 0.0540. The number of fused-ring (bicyclic) bond motifs is 1. The Kier molecular flexibility index (Phi) is 4.39. The zero-order valence-corrected chi connectivity index (χ0v) is 15.5. The van der Waals surface area contributed by atoms with Gasteiger partial charge in [0.25, 0.3) is 0 Å². The fourth-order valence-corrected chi connectivity index (χ4v) is 3.30. The summed E-state index contributed by atoms with van der Waals surface area (Å²) in [6.45, 7) is 4.20. The van der Waals surface area contributed by atoms with E-state index in [0.29, 0.717) is 12.2 Å². The van der Waals surface area contributed by atoms with Crippen molar-refractivity contribution in [3.05, 3.63) is 59.9 Å². The second-order valence-electron chi connectivity index (χ2n) is 7.44. The van der Waals surface area contributed by atoms with E-state index in [4.69, 9.17) is 4.74 Å². The van der Waals surface area contributed by atoms with Crippen molar-refractivity contribution in [3.8, 4) is 17.1 Å². The summed E-state index contributed by atoms with van der Waals surface area (Å²) < 4.78 is 6.01. The number of anilines is 1. The third kappa shape index (κ3) is 4.00. The fraction of sp³-hybridized carbons (Fsp3) is 0.286. The summed E-state index contributed by atoms with van der Waals surface area (Å²) in [6.07, 6.45) is 3.73. The molecule has 6 nitrogen and oxygen atoms in total.